The number of carbonyl (C=O) groups is 2. The average Bonchev–Trinajstić information content (AvgIpc) is 3.33. The summed E-state index contributed by atoms with van der Waals surface area (Å²) in [6.07, 6.45) is 2.11. The number of aromatic nitrogens is 2. The molecule has 4 rings (SSSR count). The van der Waals surface area contributed by atoms with Crippen LogP contribution in [0.4, 0.5) is 25.0 Å². The van der Waals surface area contributed by atoms with Crippen LogP contribution in [0.5, 0.6) is 0 Å². The number of nitrogens with one attached hydrogen (secondary N) is 1. The van der Waals surface area contributed by atoms with Crippen molar-refractivity contribution in [1.82, 2.24) is 15.3 Å². The zero-order valence-corrected chi connectivity index (χ0v) is 20.4. The van der Waals surface area contributed by atoms with Crippen molar-refractivity contribution in [3.63, 3.8) is 0 Å². The molecule has 1 N–H and O–H groups in total. The molecule has 0 aromatic carbocycles. The largest absolute Gasteiger partial charge is 0.437 e. The van der Waals surface area contributed by atoms with Gasteiger partial charge < -0.3 is 19.5 Å². The van der Waals surface area contributed by atoms with Gasteiger partial charge in [-0.3, -0.25) is 9.59 Å². The van der Waals surface area contributed by atoms with Crippen molar-refractivity contribution in [2.24, 2.45) is 0 Å². The highest BCUT2D eigenvalue weighted by atomic mass is 19.4. The van der Waals surface area contributed by atoms with Crippen LogP contribution in [-0.4, -0.2) is 53.9 Å². The topological polar surface area (TPSA) is 91.6 Å². The van der Waals surface area contributed by atoms with Crippen molar-refractivity contribution in [2.45, 2.75) is 70.5 Å². The molecule has 0 radical (unpaired) electrons. The van der Waals surface area contributed by atoms with Gasteiger partial charge in [0.25, 0.3) is 6.01 Å². The van der Waals surface area contributed by atoms with Gasteiger partial charge in [0.15, 0.2) is 5.69 Å². The minimum Gasteiger partial charge on any atom is -0.420 e. The summed E-state index contributed by atoms with van der Waals surface area (Å²) in [6.45, 7) is 4.54. The molecule has 0 saturated carbocycles. The van der Waals surface area contributed by atoms with Crippen molar-refractivity contribution < 1.29 is 27.2 Å². The van der Waals surface area contributed by atoms with Gasteiger partial charge >= 0.3 is 6.18 Å². The summed E-state index contributed by atoms with van der Waals surface area (Å²) >= 11 is 0. The molecule has 4 heterocycles. The second-order valence-electron chi connectivity index (χ2n) is 9.42. The lowest BCUT2D eigenvalue weighted by Crippen LogP contribution is -2.44. The van der Waals surface area contributed by atoms with Gasteiger partial charge in [0.1, 0.15) is 5.82 Å². The summed E-state index contributed by atoms with van der Waals surface area (Å²) in [6, 6.07) is 3.47. The van der Waals surface area contributed by atoms with E-state index in [0.29, 0.717) is 25.1 Å². The lowest BCUT2D eigenvalue weighted by molar-refractivity contribution is -0.141. The van der Waals surface area contributed by atoms with E-state index >= 15 is 0 Å². The molecule has 1 amide bonds. The summed E-state index contributed by atoms with van der Waals surface area (Å²) in [5.41, 5.74) is -0.777. The zero-order chi connectivity index (χ0) is 25.7. The van der Waals surface area contributed by atoms with Crippen LogP contribution < -0.4 is 15.1 Å². The maximum atomic E-state index is 13.6. The molecule has 0 bridgehead atoms. The maximum Gasteiger partial charge on any atom is 0.437 e. The normalized spacial score (nSPS) is 17.3. The molecular formula is C25H32F3N5O3. The highest BCUT2D eigenvalue weighted by Gasteiger charge is 2.41. The molecule has 8 nitrogen and oxygen atoms in total. The number of pyridine rings is 1. The third kappa shape index (κ3) is 6.36. The molecule has 2 aromatic rings. The quantitative estimate of drug-likeness (QED) is 0.530. The number of anilines is 2. The predicted octanol–water partition coefficient (Wildman–Crippen LogP) is 4.39. The van der Waals surface area contributed by atoms with Crippen LogP contribution in [0.1, 0.15) is 73.7 Å². The Morgan fingerprint density at radius 3 is 2.42 bits per heavy atom. The van der Waals surface area contributed by atoms with E-state index in [4.69, 9.17) is 4.42 Å². The fourth-order valence-corrected chi connectivity index (χ4v) is 4.66. The Bertz CT molecular complexity index is 1040. The summed E-state index contributed by atoms with van der Waals surface area (Å²) in [7, 11) is 0. The third-order valence-corrected chi connectivity index (χ3v) is 6.60. The van der Waals surface area contributed by atoms with Gasteiger partial charge in [-0.1, -0.05) is 13.0 Å². The van der Waals surface area contributed by atoms with Gasteiger partial charge in [-0.25, -0.2) is 4.98 Å². The van der Waals surface area contributed by atoms with E-state index in [1.165, 1.54) is 6.20 Å². The van der Waals surface area contributed by atoms with Crippen LogP contribution in [0.2, 0.25) is 0 Å². The van der Waals surface area contributed by atoms with Crippen molar-refractivity contribution in [2.75, 3.05) is 36.0 Å². The Morgan fingerprint density at radius 2 is 1.81 bits per heavy atom. The highest BCUT2D eigenvalue weighted by Crippen LogP contribution is 2.35. The van der Waals surface area contributed by atoms with Crippen LogP contribution in [0.3, 0.4) is 0 Å². The van der Waals surface area contributed by atoms with Crippen molar-refractivity contribution in [3.05, 3.63) is 35.3 Å². The summed E-state index contributed by atoms with van der Waals surface area (Å²) < 4.78 is 46.1. The summed E-state index contributed by atoms with van der Waals surface area (Å²) in [5, 5.41) is 3.06. The Balaban J connectivity index is 1.38. The van der Waals surface area contributed by atoms with Crippen LogP contribution in [-0.2, 0) is 17.4 Å². The Morgan fingerprint density at radius 1 is 1.08 bits per heavy atom. The molecule has 11 heteroatoms. The lowest BCUT2D eigenvalue weighted by atomic mass is 10.0. The molecule has 0 aliphatic carbocycles. The maximum absolute atomic E-state index is 13.6. The summed E-state index contributed by atoms with van der Waals surface area (Å²) in [5.74, 6) is -0.727. The molecular weight excluding hydrogens is 475 g/mol. The number of amides is 1. The zero-order valence-electron chi connectivity index (χ0n) is 20.4. The smallest absolute Gasteiger partial charge is 0.420 e. The number of Topliss-reactive ketones (excluding diaryl/α,β-unsaturated/α-hetero) is 1. The third-order valence-electron chi connectivity index (χ3n) is 6.60. The molecule has 2 fully saturated rings. The van der Waals surface area contributed by atoms with E-state index in [1.807, 2.05) is 6.92 Å². The van der Waals surface area contributed by atoms with Gasteiger partial charge in [0.2, 0.25) is 17.5 Å². The van der Waals surface area contributed by atoms with E-state index in [0.717, 1.165) is 57.4 Å². The minimum atomic E-state index is -4.78. The Labute approximate surface area is 208 Å². The molecule has 36 heavy (non-hydrogen) atoms. The van der Waals surface area contributed by atoms with E-state index < -0.39 is 23.4 Å². The number of nitrogens with zero attached hydrogens (tertiary/aromatic N) is 4. The number of hydrogen-bond donors (Lipinski definition) is 1. The molecule has 0 spiro atoms. The standard InChI is InChI=1S/C25H32F3N5O3/c1-2-6-21(35)30-18-9-13-32(14-10-18)20-8-7-17(16-29-20)15-19(34)22-23(25(26,27)28)31-24(36-22)33-11-4-3-5-12-33/h7-8,16,18H,2-6,9-15H2,1H3,(H,30,35). The highest BCUT2D eigenvalue weighted by molar-refractivity contribution is 5.96. The van der Waals surface area contributed by atoms with Gasteiger partial charge in [-0.05, 0) is 50.2 Å². The summed E-state index contributed by atoms with van der Waals surface area (Å²) in [4.78, 5) is 36.4. The monoisotopic (exact) mass is 507 g/mol. The number of oxazole rings is 1. The van der Waals surface area contributed by atoms with Gasteiger partial charge in [-0.2, -0.15) is 18.2 Å². The number of rotatable bonds is 8. The van der Waals surface area contributed by atoms with Crippen LogP contribution >= 0.6 is 0 Å². The molecule has 0 unspecified atom stereocenters. The molecule has 0 atom stereocenters. The number of piperidine rings is 2. The Kier molecular flexibility index (Phi) is 8.15. The number of alkyl halides is 3. The van der Waals surface area contributed by atoms with Gasteiger partial charge in [0.05, 0.1) is 0 Å². The Hall–Kier alpha value is -3.11. The van der Waals surface area contributed by atoms with Crippen molar-refractivity contribution >= 4 is 23.5 Å². The second kappa shape index (κ2) is 11.3. The SMILES string of the molecule is CCCC(=O)NC1CCN(c2ccc(CC(=O)c3oc(N4CCCCC4)nc3C(F)(F)F)cn2)CC1. The van der Waals surface area contributed by atoms with E-state index in [9.17, 15) is 22.8 Å². The molecule has 2 aliphatic rings. The average molecular weight is 508 g/mol. The first kappa shape index (κ1) is 26.0. The lowest BCUT2D eigenvalue weighted by Gasteiger charge is -2.33. The van der Waals surface area contributed by atoms with Crippen molar-refractivity contribution in [1.29, 1.82) is 0 Å². The van der Waals surface area contributed by atoms with E-state index in [2.05, 4.69) is 20.2 Å². The molecule has 196 valence electrons. The van der Waals surface area contributed by atoms with Gasteiger partial charge in [0, 0.05) is 51.3 Å². The first-order valence-electron chi connectivity index (χ1n) is 12.6. The van der Waals surface area contributed by atoms with Gasteiger partial charge in [-0.15, -0.1) is 0 Å². The molecule has 2 aliphatic heterocycles. The second-order valence-corrected chi connectivity index (χ2v) is 9.42. The van der Waals surface area contributed by atoms with E-state index in [-0.39, 0.29) is 24.4 Å². The fourth-order valence-electron chi connectivity index (χ4n) is 4.66. The first-order valence-corrected chi connectivity index (χ1v) is 12.6. The van der Waals surface area contributed by atoms with Crippen molar-refractivity contribution in [3.8, 4) is 0 Å². The molecule has 2 saturated heterocycles. The fraction of sp³-hybridized carbons (Fsp3) is 0.600. The number of hydrogen-bond acceptors (Lipinski definition) is 7. The number of ketones is 1. The number of carbonyl (C=O) groups excluding carboxylic acids is 2. The first-order chi connectivity index (χ1) is 17.2. The van der Waals surface area contributed by atoms with E-state index in [1.54, 1.807) is 17.0 Å². The minimum absolute atomic E-state index is 0.0755. The van der Waals surface area contributed by atoms with Crippen LogP contribution in [0.15, 0.2) is 22.7 Å². The van der Waals surface area contributed by atoms with Crippen LogP contribution in [0, 0.1) is 0 Å². The molecule has 2 aromatic heterocycles. The van der Waals surface area contributed by atoms with Crippen LogP contribution in [0.25, 0.3) is 0 Å². The number of halogens is 3. The predicted molar refractivity (Wildman–Crippen MR) is 128 cm³/mol.